The Kier molecular flexibility index (Phi) is 4.99. The lowest BCUT2D eigenvalue weighted by Gasteiger charge is -2.06. The van der Waals surface area contributed by atoms with Gasteiger partial charge in [-0.3, -0.25) is 19.9 Å². The molecule has 0 saturated heterocycles. The number of hydrogen-bond acceptors (Lipinski definition) is 6. The van der Waals surface area contributed by atoms with Crippen LogP contribution in [0.5, 0.6) is 0 Å². The summed E-state index contributed by atoms with van der Waals surface area (Å²) in [5, 5.41) is 11.4. The summed E-state index contributed by atoms with van der Waals surface area (Å²) >= 11 is 0. The first-order valence-electron chi connectivity index (χ1n) is 11.2. The van der Waals surface area contributed by atoms with Crippen LogP contribution in [0.25, 0.3) is 56.0 Å². The van der Waals surface area contributed by atoms with E-state index in [-0.39, 0.29) is 5.91 Å². The maximum Gasteiger partial charge on any atom is 0.224 e. The van der Waals surface area contributed by atoms with E-state index in [1.807, 2.05) is 55.5 Å². The topological polar surface area (TPSA) is 125 Å². The van der Waals surface area contributed by atoms with Gasteiger partial charge in [-0.1, -0.05) is 19.1 Å². The van der Waals surface area contributed by atoms with Crippen molar-refractivity contribution >= 4 is 33.7 Å². The number of carbonyl (C=O) groups is 1. The Balaban J connectivity index is 1.43. The highest BCUT2D eigenvalue weighted by Gasteiger charge is 2.16. The van der Waals surface area contributed by atoms with Gasteiger partial charge in [-0.25, -0.2) is 9.97 Å². The number of pyridine rings is 3. The largest absolute Gasteiger partial charge is 0.335 e. The highest BCUT2D eigenvalue weighted by molar-refractivity contribution is 5.97. The molecule has 6 rings (SSSR count). The van der Waals surface area contributed by atoms with Crippen molar-refractivity contribution in [3.8, 4) is 33.9 Å². The third kappa shape index (κ3) is 3.78. The summed E-state index contributed by atoms with van der Waals surface area (Å²) in [4.78, 5) is 33.1. The zero-order valence-corrected chi connectivity index (χ0v) is 18.8. The molecule has 0 fully saturated rings. The van der Waals surface area contributed by atoms with Crippen LogP contribution in [0.3, 0.4) is 0 Å². The van der Waals surface area contributed by atoms with Crippen molar-refractivity contribution in [3.05, 3.63) is 73.3 Å². The van der Waals surface area contributed by atoms with Gasteiger partial charge in [-0.15, -0.1) is 0 Å². The maximum atomic E-state index is 11.8. The predicted octanol–water partition coefficient (Wildman–Crippen LogP) is 4.97. The number of imidazole rings is 1. The van der Waals surface area contributed by atoms with Gasteiger partial charge in [-0.2, -0.15) is 5.10 Å². The Morgan fingerprint density at radius 3 is 2.80 bits per heavy atom. The molecule has 0 spiro atoms. The molecule has 0 aliphatic carbocycles. The summed E-state index contributed by atoms with van der Waals surface area (Å²) in [7, 11) is 0. The molecule has 9 heteroatoms. The van der Waals surface area contributed by atoms with Crippen molar-refractivity contribution in [2.45, 2.75) is 13.3 Å². The number of aromatic nitrogens is 7. The third-order valence-corrected chi connectivity index (χ3v) is 5.80. The minimum Gasteiger partial charge on any atom is -0.335 e. The van der Waals surface area contributed by atoms with Gasteiger partial charge >= 0.3 is 0 Å². The number of nitrogens with zero attached hydrogens (tertiary/aromatic N) is 5. The second-order valence-electron chi connectivity index (χ2n) is 8.05. The van der Waals surface area contributed by atoms with Crippen molar-refractivity contribution in [2.24, 2.45) is 0 Å². The molecule has 35 heavy (non-hydrogen) atoms. The van der Waals surface area contributed by atoms with Gasteiger partial charge in [0.1, 0.15) is 5.69 Å². The highest BCUT2D eigenvalue weighted by Crippen LogP contribution is 2.32. The number of fused-ring (bicyclic) bond motifs is 2. The average Bonchev–Trinajstić information content (AvgIpc) is 3.53. The van der Waals surface area contributed by atoms with Crippen molar-refractivity contribution in [3.63, 3.8) is 0 Å². The lowest BCUT2D eigenvalue weighted by molar-refractivity contribution is -0.115. The van der Waals surface area contributed by atoms with E-state index in [9.17, 15) is 4.79 Å². The fourth-order valence-electron chi connectivity index (χ4n) is 4.05. The van der Waals surface area contributed by atoms with E-state index < -0.39 is 0 Å². The second-order valence-corrected chi connectivity index (χ2v) is 8.05. The second kappa shape index (κ2) is 8.45. The molecule has 0 bridgehead atoms. The van der Waals surface area contributed by atoms with Gasteiger partial charge in [0.15, 0.2) is 11.5 Å². The molecule has 6 aromatic rings. The minimum absolute atomic E-state index is 0.0555. The van der Waals surface area contributed by atoms with Gasteiger partial charge in [-0.05, 0) is 42.0 Å². The summed E-state index contributed by atoms with van der Waals surface area (Å²) in [6.07, 6.45) is 7.31. The first-order chi connectivity index (χ1) is 17.2. The molecule has 0 aliphatic rings. The molecular formula is C26H20N8O. The van der Waals surface area contributed by atoms with Crippen LogP contribution < -0.4 is 5.32 Å². The summed E-state index contributed by atoms with van der Waals surface area (Å²) in [6.45, 7) is 1.81. The number of rotatable bonds is 5. The van der Waals surface area contributed by atoms with Crippen molar-refractivity contribution in [1.82, 2.24) is 35.1 Å². The van der Waals surface area contributed by atoms with Crippen molar-refractivity contribution in [1.29, 1.82) is 0 Å². The SMILES string of the molecule is CCC(=O)Nc1cncc(-c2ccc3[nH]nc(-c4nc5nccc(-c6ccccn6)c5[nH]4)c3c2)c1. The molecule has 5 aromatic heterocycles. The van der Waals surface area contributed by atoms with Gasteiger partial charge in [0.25, 0.3) is 0 Å². The van der Waals surface area contributed by atoms with Crippen LogP contribution in [0.1, 0.15) is 13.3 Å². The lowest BCUT2D eigenvalue weighted by atomic mass is 10.0. The van der Waals surface area contributed by atoms with Crippen LogP contribution >= 0.6 is 0 Å². The number of benzene rings is 1. The van der Waals surface area contributed by atoms with Gasteiger partial charge in [0, 0.05) is 41.5 Å². The number of amides is 1. The molecule has 5 heterocycles. The quantitative estimate of drug-likeness (QED) is 0.333. The zero-order chi connectivity index (χ0) is 23.8. The summed E-state index contributed by atoms with van der Waals surface area (Å²) in [5.41, 5.74) is 7.23. The molecule has 0 saturated carbocycles. The van der Waals surface area contributed by atoms with Crippen LogP contribution in [-0.2, 0) is 4.79 Å². The van der Waals surface area contributed by atoms with E-state index in [2.05, 4.69) is 35.5 Å². The molecule has 170 valence electrons. The van der Waals surface area contributed by atoms with Crippen LogP contribution in [0.15, 0.2) is 73.3 Å². The predicted molar refractivity (Wildman–Crippen MR) is 134 cm³/mol. The molecule has 3 N–H and O–H groups in total. The molecule has 0 radical (unpaired) electrons. The normalized spacial score (nSPS) is 11.2. The Bertz CT molecular complexity index is 1690. The first-order valence-corrected chi connectivity index (χ1v) is 11.2. The Morgan fingerprint density at radius 1 is 1.00 bits per heavy atom. The van der Waals surface area contributed by atoms with Gasteiger partial charge in [0.2, 0.25) is 5.91 Å². The van der Waals surface area contributed by atoms with E-state index in [1.165, 1.54) is 0 Å². The number of aromatic amines is 2. The fourth-order valence-corrected chi connectivity index (χ4v) is 4.05. The number of carbonyl (C=O) groups excluding carboxylic acids is 1. The molecule has 9 nitrogen and oxygen atoms in total. The first kappa shape index (κ1) is 20.7. The van der Waals surface area contributed by atoms with Crippen LogP contribution in [0, 0.1) is 0 Å². The molecule has 1 aromatic carbocycles. The molecule has 0 aliphatic heterocycles. The molecule has 1 amide bonds. The van der Waals surface area contributed by atoms with Crippen LogP contribution in [0.2, 0.25) is 0 Å². The Labute approximate surface area is 199 Å². The summed E-state index contributed by atoms with van der Waals surface area (Å²) in [5.74, 6) is 0.557. The van der Waals surface area contributed by atoms with Crippen molar-refractivity contribution in [2.75, 3.05) is 5.32 Å². The number of anilines is 1. The standard InChI is InChI=1S/C26H20N8O/c1-2-22(35)30-17-11-16(13-27-14-17)15-6-7-21-19(12-15)24(34-33-21)26-31-23-18(8-10-29-25(23)32-26)20-5-3-4-9-28-20/h3-14H,2H2,1H3,(H,30,35)(H,33,34)(H,29,31,32). The highest BCUT2D eigenvalue weighted by atomic mass is 16.1. The summed E-state index contributed by atoms with van der Waals surface area (Å²) in [6, 6.07) is 15.6. The Morgan fingerprint density at radius 2 is 1.94 bits per heavy atom. The number of hydrogen-bond donors (Lipinski definition) is 3. The monoisotopic (exact) mass is 460 g/mol. The minimum atomic E-state index is -0.0555. The summed E-state index contributed by atoms with van der Waals surface area (Å²) < 4.78 is 0. The van der Waals surface area contributed by atoms with E-state index in [0.717, 1.165) is 38.8 Å². The zero-order valence-electron chi connectivity index (χ0n) is 18.8. The van der Waals surface area contributed by atoms with E-state index in [1.54, 1.807) is 24.8 Å². The van der Waals surface area contributed by atoms with E-state index in [0.29, 0.717) is 29.3 Å². The average molecular weight is 461 g/mol. The van der Waals surface area contributed by atoms with Gasteiger partial charge in [0.05, 0.1) is 28.6 Å². The van der Waals surface area contributed by atoms with E-state index >= 15 is 0 Å². The van der Waals surface area contributed by atoms with Crippen molar-refractivity contribution < 1.29 is 4.79 Å². The maximum absolute atomic E-state index is 11.8. The third-order valence-electron chi connectivity index (χ3n) is 5.80. The molecular weight excluding hydrogens is 440 g/mol. The number of H-pyrrole nitrogens is 2. The van der Waals surface area contributed by atoms with Crippen LogP contribution in [0.4, 0.5) is 5.69 Å². The van der Waals surface area contributed by atoms with Crippen LogP contribution in [-0.4, -0.2) is 41.0 Å². The van der Waals surface area contributed by atoms with E-state index in [4.69, 9.17) is 4.98 Å². The smallest absolute Gasteiger partial charge is 0.224 e. The van der Waals surface area contributed by atoms with Gasteiger partial charge < -0.3 is 10.3 Å². The molecule has 0 atom stereocenters. The molecule has 0 unspecified atom stereocenters. The fraction of sp³-hybridized carbons (Fsp3) is 0.0769. The lowest BCUT2D eigenvalue weighted by Crippen LogP contribution is -2.09. The Hall–Kier alpha value is -4.92. The number of nitrogens with one attached hydrogen (secondary N) is 3.